The van der Waals surface area contributed by atoms with E-state index in [4.69, 9.17) is 0 Å². The lowest BCUT2D eigenvalue weighted by Crippen LogP contribution is -2.40. The molecule has 0 aliphatic heterocycles. The van der Waals surface area contributed by atoms with Gasteiger partial charge in [0, 0.05) is 32.7 Å². The maximum Gasteiger partial charge on any atom is 0.573 e. The maximum atomic E-state index is 12.0. The van der Waals surface area contributed by atoms with Crippen LogP contribution >= 0.6 is 0 Å². The van der Waals surface area contributed by atoms with Crippen molar-refractivity contribution in [2.45, 2.75) is 6.36 Å². The Hall–Kier alpha value is -1.85. The van der Waals surface area contributed by atoms with Crippen molar-refractivity contribution in [3.05, 3.63) is 29.8 Å². The Balaban J connectivity index is 2.47. The molecule has 0 saturated heterocycles. The predicted molar refractivity (Wildman–Crippen MR) is 76.1 cm³/mol. The van der Waals surface area contributed by atoms with Gasteiger partial charge < -0.3 is 10.1 Å². The first-order valence-electron chi connectivity index (χ1n) is 6.32. The number of hydrogen-bond acceptors (Lipinski definition) is 4. The van der Waals surface area contributed by atoms with Crippen LogP contribution in [0.25, 0.3) is 0 Å². The van der Waals surface area contributed by atoms with E-state index in [0.29, 0.717) is 0 Å². The molecule has 1 amide bonds. The largest absolute Gasteiger partial charge is 0.573 e. The van der Waals surface area contributed by atoms with Crippen LogP contribution in [0.1, 0.15) is 10.4 Å². The van der Waals surface area contributed by atoms with Crippen molar-refractivity contribution in [2.24, 2.45) is 0 Å². The van der Waals surface area contributed by atoms with Gasteiger partial charge in [0.1, 0.15) is 5.75 Å². The van der Waals surface area contributed by atoms with Crippen LogP contribution in [0.15, 0.2) is 24.3 Å². The molecule has 0 aliphatic carbocycles. The highest BCUT2D eigenvalue weighted by molar-refractivity contribution is 7.87. The standard InChI is InChI=1S/C12H16F3N3O4S/c1-18(2)23(20,21)17-8-7-16-11(19)9-3-5-10(6-4-9)22-12(13,14)15/h3-6,17H,7-8H2,1-2H3,(H,16,19). The van der Waals surface area contributed by atoms with Gasteiger partial charge in [-0.05, 0) is 24.3 Å². The monoisotopic (exact) mass is 355 g/mol. The topological polar surface area (TPSA) is 87.7 Å². The number of alkyl halides is 3. The second-order valence-electron chi connectivity index (χ2n) is 4.51. The first kappa shape index (κ1) is 19.2. The van der Waals surface area contributed by atoms with Crippen molar-refractivity contribution in [1.82, 2.24) is 14.3 Å². The van der Waals surface area contributed by atoms with E-state index in [2.05, 4.69) is 14.8 Å². The van der Waals surface area contributed by atoms with Crippen molar-refractivity contribution in [3.8, 4) is 5.75 Å². The van der Waals surface area contributed by atoms with E-state index in [0.717, 1.165) is 16.4 Å². The summed E-state index contributed by atoms with van der Waals surface area (Å²) in [6.07, 6.45) is -4.80. The van der Waals surface area contributed by atoms with Crippen LogP contribution in [0.2, 0.25) is 0 Å². The number of hydrogen-bond donors (Lipinski definition) is 2. The molecular formula is C12H16F3N3O4S. The molecule has 2 N–H and O–H groups in total. The fraction of sp³-hybridized carbons (Fsp3) is 0.417. The highest BCUT2D eigenvalue weighted by Gasteiger charge is 2.31. The number of halogens is 3. The van der Waals surface area contributed by atoms with Crippen LogP contribution < -0.4 is 14.8 Å². The fourth-order valence-corrected chi connectivity index (χ4v) is 2.01. The van der Waals surface area contributed by atoms with Crippen molar-refractivity contribution in [1.29, 1.82) is 0 Å². The van der Waals surface area contributed by atoms with Crippen molar-refractivity contribution in [2.75, 3.05) is 27.2 Å². The average Bonchev–Trinajstić information content (AvgIpc) is 2.42. The molecule has 11 heteroatoms. The molecule has 1 aromatic carbocycles. The van der Waals surface area contributed by atoms with E-state index in [1.807, 2.05) is 0 Å². The van der Waals surface area contributed by atoms with Crippen LogP contribution in [-0.2, 0) is 10.2 Å². The van der Waals surface area contributed by atoms with E-state index >= 15 is 0 Å². The molecular weight excluding hydrogens is 339 g/mol. The number of nitrogens with zero attached hydrogens (tertiary/aromatic N) is 1. The van der Waals surface area contributed by atoms with Gasteiger partial charge in [-0.15, -0.1) is 13.2 Å². The van der Waals surface area contributed by atoms with Gasteiger partial charge in [0.05, 0.1) is 0 Å². The summed E-state index contributed by atoms with van der Waals surface area (Å²) in [6, 6.07) is 4.36. The van der Waals surface area contributed by atoms with Gasteiger partial charge in [-0.25, -0.2) is 4.72 Å². The number of benzene rings is 1. The zero-order chi connectivity index (χ0) is 17.7. The minimum absolute atomic E-state index is 0.0205. The predicted octanol–water partition coefficient (Wildman–Crippen LogP) is 0.711. The SMILES string of the molecule is CN(C)S(=O)(=O)NCCNC(=O)c1ccc(OC(F)(F)F)cc1. The van der Waals surface area contributed by atoms with Gasteiger partial charge in [-0.2, -0.15) is 12.7 Å². The molecule has 0 aliphatic rings. The van der Waals surface area contributed by atoms with Crippen molar-refractivity contribution < 1.29 is 31.1 Å². The first-order valence-corrected chi connectivity index (χ1v) is 7.76. The number of rotatable bonds is 7. The highest BCUT2D eigenvalue weighted by Crippen LogP contribution is 2.22. The lowest BCUT2D eigenvalue weighted by Gasteiger charge is -2.12. The zero-order valence-electron chi connectivity index (χ0n) is 12.3. The summed E-state index contributed by atoms with van der Waals surface area (Å²) in [5, 5.41) is 2.43. The lowest BCUT2D eigenvalue weighted by molar-refractivity contribution is -0.274. The van der Waals surface area contributed by atoms with Gasteiger partial charge in [0.15, 0.2) is 0 Å². The van der Waals surface area contributed by atoms with Gasteiger partial charge >= 0.3 is 6.36 Å². The van der Waals surface area contributed by atoms with Crippen LogP contribution in [-0.4, -0.2) is 52.2 Å². The number of nitrogens with one attached hydrogen (secondary N) is 2. The highest BCUT2D eigenvalue weighted by atomic mass is 32.2. The van der Waals surface area contributed by atoms with Crippen molar-refractivity contribution in [3.63, 3.8) is 0 Å². The summed E-state index contributed by atoms with van der Waals surface area (Å²) < 4.78 is 65.7. The van der Waals surface area contributed by atoms with E-state index in [-0.39, 0.29) is 18.7 Å². The number of carbonyl (C=O) groups excluding carboxylic acids is 1. The average molecular weight is 355 g/mol. The van der Waals surface area contributed by atoms with Crippen LogP contribution in [0, 0.1) is 0 Å². The maximum absolute atomic E-state index is 12.0. The van der Waals surface area contributed by atoms with E-state index < -0.39 is 28.2 Å². The van der Waals surface area contributed by atoms with Crippen LogP contribution in [0.5, 0.6) is 5.75 Å². The van der Waals surface area contributed by atoms with Gasteiger partial charge in [0.25, 0.3) is 16.1 Å². The molecule has 0 bridgehead atoms. The Morgan fingerprint density at radius 2 is 1.74 bits per heavy atom. The number of ether oxygens (including phenoxy) is 1. The Kier molecular flexibility index (Phi) is 6.36. The fourth-order valence-electron chi connectivity index (χ4n) is 1.40. The Morgan fingerprint density at radius 1 is 1.17 bits per heavy atom. The summed E-state index contributed by atoms with van der Waals surface area (Å²) in [6.45, 7) is -0.00573. The van der Waals surface area contributed by atoms with Gasteiger partial charge in [-0.1, -0.05) is 0 Å². The van der Waals surface area contributed by atoms with Crippen LogP contribution in [0.4, 0.5) is 13.2 Å². The molecule has 1 rings (SSSR count). The zero-order valence-corrected chi connectivity index (χ0v) is 13.2. The lowest BCUT2D eigenvalue weighted by atomic mass is 10.2. The summed E-state index contributed by atoms with van der Waals surface area (Å²) in [7, 11) is -0.869. The molecule has 1 aromatic rings. The second kappa shape index (κ2) is 7.62. The Morgan fingerprint density at radius 3 is 2.22 bits per heavy atom. The minimum Gasteiger partial charge on any atom is -0.406 e. The molecule has 130 valence electrons. The van der Waals surface area contributed by atoms with Gasteiger partial charge in [-0.3, -0.25) is 4.79 Å². The first-order chi connectivity index (χ1) is 10.5. The van der Waals surface area contributed by atoms with E-state index in [9.17, 15) is 26.4 Å². The molecule has 23 heavy (non-hydrogen) atoms. The quantitative estimate of drug-likeness (QED) is 0.705. The number of amides is 1. The summed E-state index contributed by atoms with van der Waals surface area (Å²) >= 11 is 0. The second-order valence-corrected chi connectivity index (χ2v) is 6.48. The summed E-state index contributed by atoms with van der Waals surface area (Å²) in [4.78, 5) is 11.7. The normalized spacial score (nSPS) is 12.3. The molecule has 0 unspecified atom stereocenters. The third-order valence-electron chi connectivity index (χ3n) is 2.53. The Bertz CT molecular complexity index is 630. The van der Waals surface area contributed by atoms with E-state index in [1.54, 1.807) is 0 Å². The molecule has 0 radical (unpaired) electrons. The smallest absolute Gasteiger partial charge is 0.406 e. The molecule has 0 atom stereocenters. The molecule has 0 saturated carbocycles. The van der Waals surface area contributed by atoms with E-state index in [1.165, 1.54) is 26.2 Å². The third kappa shape index (κ3) is 6.84. The molecule has 0 fully saturated rings. The molecule has 0 aromatic heterocycles. The number of carbonyl (C=O) groups is 1. The molecule has 0 heterocycles. The molecule has 0 spiro atoms. The summed E-state index contributed by atoms with van der Waals surface area (Å²) in [5.74, 6) is -0.986. The summed E-state index contributed by atoms with van der Waals surface area (Å²) in [5.41, 5.74) is 0.120. The third-order valence-corrected chi connectivity index (χ3v) is 4.06. The minimum atomic E-state index is -4.80. The Labute approximate surface area is 131 Å². The van der Waals surface area contributed by atoms with Crippen molar-refractivity contribution >= 4 is 16.1 Å². The van der Waals surface area contributed by atoms with Crippen LogP contribution in [0.3, 0.4) is 0 Å². The van der Waals surface area contributed by atoms with Gasteiger partial charge in [0.2, 0.25) is 0 Å². The molecule has 7 nitrogen and oxygen atoms in total.